The van der Waals surface area contributed by atoms with Crippen molar-refractivity contribution in [1.29, 1.82) is 0 Å². The lowest BCUT2D eigenvalue weighted by molar-refractivity contribution is 0.208. The average molecular weight is 380 g/mol. The number of aromatic nitrogens is 4. The van der Waals surface area contributed by atoms with Crippen molar-refractivity contribution in [2.24, 2.45) is 13.0 Å². The smallest absolute Gasteiger partial charge is 0.134 e. The molecule has 0 radical (unpaired) electrons. The molecule has 4 rings (SSSR count). The van der Waals surface area contributed by atoms with Gasteiger partial charge < -0.3 is 19.9 Å². The Labute approximate surface area is 165 Å². The molecule has 3 aromatic rings. The van der Waals surface area contributed by atoms with Gasteiger partial charge in [0.05, 0.1) is 11.0 Å². The summed E-state index contributed by atoms with van der Waals surface area (Å²) in [5.74, 6) is 3.23. The summed E-state index contributed by atoms with van der Waals surface area (Å²) in [6.45, 7) is 2.92. The molecule has 0 amide bonds. The lowest BCUT2D eigenvalue weighted by Crippen LogP contribution is -2.37. The zero-order valence-electron chi connectivity index (χ0n) is 16.4. The van der Waals surface area contributed by atoms with Crippen molar-refractivity contribution in [3.05, 3.63) is 42.5 Å². The number of benzene rings is 1. The normalized spacial score (nSPS) is 17.2. The van der Waals surface area contributed by atoms with Crippen LogP contribution in [0.3, 0.4) is 0 Å². The number of para-hydroxylation sites is 2. The first kappa shape index (κ1) is 18.7. The summed E-state index contributed by atoms with van der Waals surface area (Å²) in [5, 5.41) is 12.8. The Morgan fingerprint density at radius 3 is 3.00 bits per heavy atom. The number of fused-ring (bicyclic) bond motifs is 1. The van der Waals surface area contributed by atoms with E-state index in [4.69, 9.17) is 4.98 Å². The molecule has 0 aliphatic carbocycles. The first-order valence-corrected chi connectivity index (χ1v) is 10.1. The molecular formula is C21H28N6O. The van der Waals surface area contributed by atoms with Crippen LogP contribution in [0, 0.1) is 5.92 Å². The number of aryl methyl sites for hydroxylation is 2. The van der Waals surface area contributed by atoms with Crippen LogP contribution in [0.25, 0.3) is 11.0 Å². The molecule has 7 heteroatoms. The van der Waals surface area contributed by atoms with E-state index < -0.39 is 0 Å². The molecule has 148 valence electrons. The van der Waals surface area contributed by atoms with Crippen LogP contribution in [0.2, 0.25) is 0 Å². The van der Waals surface area contributed by atoms with Gasteiger partial charge in [-0.1, -0.05) is 12.1 Å². The van der Waals surface area contributed by atoms with Gasteiger partial charge in [0.15, 0.2) is 0 Å². The summed E-state index contributed by atoms with van der Waals surface area (Å²) < 4.78 is 2.17. The van der Waals surface area contributed by atoms with E-state index in [1.165, 1.54) is 5.52 Å². The number of piperidine rings is 1. The molecule has 0 spiro atoms. The lowest BCUT2D eigenvalue weighted by atomic mass is 9.99. The molecule has 1 fully saturated rings. The van der Waals surface area contributed by atoms with Crippen molar-refractivity contribution in [2.45, 2.75) is 25.7 Å². The van der Waals surface area contributed by atoms with Gasteiger partial charge in [-0.05, 0) is 37.3 Å². The molecule has 1 atom stereocenters. The molecule has 2 N–H and O–H groups in total. The van der Waals surface area contributed by atoms with Crippen molar-refractivity contribution in [2.75, 3.05) is 36.5 Å². The van der Waals surface area contributed by atoms with Gasteiger partial charge >= 0.3 is 0 Å². The number of rotatable bonds is 7. The maximum Gasteiger partial charge on any atom is 0.134 e. The monoisotopic (exact) mass is 380 g/mol. The molecule has 1 unspecified atom stereocenters. The van der Waals surface area contributed by atoms with E-state index in [0.717, 1.165) is 68.3 Å². The SMILES string of the molecule is Cn1c(CCCNc2cc(N3CCCC(CO)C3)ncn2)nc2ccccc21. The summed E-state index contributed by atoms with van der Waals surface area (Å²) >= 11 is 0. The molecule has 28 heavy (non-hydrogen) atoms. The van der Waals surface area contributed by atoms with Crippen LogP contribution in [0.4, 0.5) is 11.6 Å². The van der Waals surface area contributed by atoms with Crippen LogP contribution in [-0.4, -0.2) is 50.9 Å². The van der Waals surface area contributed by atoms with Gasteiger partial charge in [-0.25, -0.2) is 15.0 Å². The van der Waals surface area contributed by atoms with E-state index in [2.05, 4.69) is 43.9 Å². The first-order valence-electron chi connectivity index (χ1n) is 10.1. The highest BCUT2D eigenvalue weighted by Crippen LogP contribution is 2.22. The number of imidazole rings is 1. The Morgan fingerprint density at radius 2 is 2.14 bits per heavy atom. The minimum Gasteiger partial charge on any atom is -0.396 e. The topological polar surface area (TPSA) is 79.1 Å². The van der Waals surface area contributed by atoms with Crippen molar-refractivity contribution in [1.82, 2.24) is 19.5 Å². The molecule has 1 aromatic carbocycles. The van der Waals surface area contributed by atoms with Gasteiger partial charge in [-0.15, -0.1) is 0 Å². The van der Waals surface area contributed by atoms with Crippen LogP contribution >= 0.6 is 0 Å². The van der Waals surface area contributed by atoms with Crippen molar-refractivity contribution in [3.63, 3.8) is 0 Å². The second kappa shape index (κ2) is 8.56. The predicted molar refractivity (Wildman–Crippen MR) is 112 cm³/mol. The van der Waals surface area contributed by atoms with Crippen LogP contribution < -0.4 is 10.2 Å². The van der Waals surface area contributed by atoms with Crippen LogP contribution in [0.1, 0.15) is 25.1 Å². The van der Waals surface area contributed by atoms with Crippen molar-refractivity contribution < 1.29 is 5.11 Å². The standard InChI is InChI=1S/C21H28N6O/c1-26-18-8-3-2-7-17(18)25-20(26)9-4-10-22-19-12-21(24-15-23-19)27-11-5-6-16(13-27)14-28/h2-3,7-8,12,15-16,28H,4-6,9-11,13-14H2,1H3,(H,22,23,24). The zero-order chi connectivity index (χ0) is 19.3. The average Bonchev–Trinajstić information content (AvgIpc) is 3.07. The second-order valence-electron chi connectivity index (χ2n) is 7.50. The number of nitrogens with one attached hydrogen (secondary N) is 1. The van der Waals surface area contributed by atoms with Crippen LogP contribution in [0.5, 0.6) is 0 Å². The molecule has 0 saturated carbocycles. The third-order valence-electron chi connectivity index (χ3n) is 5.52. The highest BCUT2D eigenvalue weighted by atomic mass is 16.3. The van der Waals surface area contributed by atoms with Gasteiger partial charge in [0.2, 0.25) is 0 Å². The highest BCUT2D eigenvalue weighted by Gasteiger charge is 2.20. The number of hydrogen-bond donors (Lipinski definition) is 2. The zero-order valence-corrected chi connectivity index (χ0v) is 16.4. The third-order valence-corrected chi connectivity index (χ3v) is 5.52. The second-order valence-corrected chi connectivity index (χ2v) is 7.50. The molecule has 1 aliphatic rings. The fraction of sp³-hybridized carbons (Fsp3) is 0.476. The van der Waals surface area contributed by atoms with Gasteiger partial charge in [-0.3, -0.25) is 0 Å². The first-order chi connectivity index (χ1) is 13.7. The van der Waals surface area contributed by atoms with Gasteiger partial charge in [0.25, 0.3) is 0 Å². The van der Waals surface area contributed by atoms with E-state index in [1.807, 2.05) is 18.2 Å². The minimum absolute atomic E-state index is 0.245. The largest absolute Gasteiger partial charge is 0.396 e. The summed E-state index contributed by atoms with van der Waals surface area (Å²) in [6, 6.07) is 10.2. The van der Waals surface area contributed by atoms with Crippen molar-refractivity contribution in [3.8, 4) is 0 Å². The fourth-order valence-corrected chi connectivity index (χ4v) is 3.92. The lowest BCUT2D eigenvalue weighted by Gasteiger charge is -2.32. The third kappa shape index (κ3) is 4.09. The molecule has 1 aliphatic heterocycles. The predicted octanol–water partition coefficient (Wildman–Crippen LogP) is 2.62. The van der Waals surface area contributed by atoms with E-state index >= 15 is 0 Å². The maximum atomic E-state index is 9.43. The number of anilines is 2. The van der Waals surface area contributed by atoms with E-state index in [9.17, 15) is 5.11 Å². The highest BCUT2D eigenvalue weighted by molar-refractivity contribution is 5.75. The summed E-state index contributed by atoms with van der Waals surface area (Å²) in [4.78, 5) is 15.8. The Bertz CT molecular complexity index is 924. The Kier molecular flexibility index (Phi) is 5.71. The number of nitrogens with zero attached hydrogens (tertiary/aromatic N) is 5. The molecule has 7 nitrogen and oxygen atoms in total. The van der Waals surface area contributed by atoms with E-state index in [-0.39, 0.29) is 6.61 Å². The summed E-state index contributed by atoms with van der Waals surface area (Å²) in [5.41, 5.74) is 2.23. The Morgan fingerprint density at radius 1 is 1.25 bits per heavy atom. The van der Waals surface area contributed by atoms with E-state index in [1.54, 1.807) is 6.33 Å². The quantitative estimate of drug-likeness (QED) is 0.614. The number of aliphatic hydroxyl groups is 1. The number of hydrogen-bond acceptors (Lipinski definition) is 6. The molecule has 0 bridgehead atoms. The Hall–Kier alpha value is -2.67. The minimum atomic E-state index is 0.245. The van der Waals surface area contributed by atoms with Crippen LogP contribution in [0.15, 0.2) is 36.7 Å². The molecular weight excluding hydrogens is 352 g/mol. The summed E-state index contributed by atoms with van der Waals surface area (Å²) in [6.07, 6.45) is 5.69. The fourth-order valence-electron chi connectivity index (χ4n) is 3.92. The van der Waals surface area contributed by atoms with Gasteiger partial charge in [-0.2, -0.15) is 0 Å². The molecule has 3 heterocycles. The van der Waals surface area contributed by atoms with Crippen molar-refractivity contribution >= 4 is 22.7 Å². The van der Waals surface area contributed by atoms with Gasteiger partial charge in [0, 0.05) is 45.8 Å². The number of aliphatic hydroxyl groups excluding tert-OH is 1. The molecule has 1 saturated heterocycles. The van der Waals surface area contributed by atoms with Crippen LogP contribution in [-0.2, 0) is 13.5 Å². The van der Waals surface area contributed by atoms with Gasteiger partial charge in [0.1, 0.15) is 23.8 Å². The summed E-state index contributed by atoms with van der Waals surface area (Å²) in [7, 11) is 2.08. The van der Waals surface area contributed by atoms with E-state index in [0.29, 0.717) is 5.92 Å². The molecule has 2 aromatic heterocycles. The Balaban J connectivity index is 1.32. The maximum absolute atomic E-state index is 9.43.